The van der Waals surface area contributed by atoms with E-state index in [9.17, 15) is 4.79 Å². The van der Waals surface area contributed by atoms with Gasteiger partial charge in [-0.25, -0.2) is 0 Å². The standard InChI is InChI=1S/C20H23ClN2O3.ClH/c21-15-9-10-17-16(13-15)23-20(24)14-22-11-5-1-2-6-12-25-18-7-3-4-8-19(18)26-17;/h3-4,7-10,13,22H,1-2,5-6,11-12,14H2,(H,23,24);1H. The highest BCUT2D eigenvalue weighted by Gasteiger charge is 2.12. The molecule has 0 bridgehead atoms. The van der Waals surface area contributed by atoms with Crippen LogP contribution in [0, 0.1) is 0 Å². The fourth-order valence-electron chi connectivity index (χ4n) is 2.75. The van der Waals surface area contributed by atoms with Gasteiger partial charge >= 0.3 is 0 Å². The highest BCUT2D eigenvalue weighted by molar-refractivity contribution is 6.31. The fourth-order valence-corrected chi connectivity index (χ4v) is 2.92. The van der Waals surface area contributed by atoms with Crippen LogP contribution < -0.4 is 20.1 Å². The normalized spacial score (nSPS) is 15.8. The second-order valence-corrected chi connectivity index (χ2v) is 6.61. The average Bonchev–Trinajstić information content (AvgIpc) is 2.63. The van der Waals surface area contributed by atoms with Gasteiger partial charge in [0.05, 0.1) is 18.8 Å². The van der Waals surface area contributed by atoms with Crippen molar-refractivity contribution >= 4 is 35.6 Å². The van der Waals surface area contributed by atoms with Gasteiger partial charge in [0.1, 0.15) is 0 Å². The molecule has 0 saturated carbocycles. The Morgan fingerprint density at radius 1 is 0.926 bits per heavy atom. The predicted octanol–water partition coefficient (Wildman–Crippen LogP) is 5.04. The van der Waals surface area contributed by atoms with Crippen LogP contribution in [0.2, 0.25) is 5.02 Å². The summed E-state index contributed by atoms with van der Waals surface area (Å²) in [5, 5.41) is 6.55. The largest absolute Gasteiger partial charge is 0.490 e. The predicted molar refractivity (Wildman–Crippen MR) is 111 cm³/mol. The lowest BCUT2D eigenvalue weighted by Crippen LogP contribution is -2.28. The second kappa shape index (κ2) is 11.0. The number of rotatable bonds is 0. The van der Waals surface area contributed by atoms with Gasteiger partial charge in [0.15, 0.2) is 17.2 Å². The molecule has 0 spiro atoms. The molecule has 146 valence electrons. The van der Waals surface area contributed by atoms with Crippen LogP contribution in [0.3, 0.4) is 0 Å². The molecule has 0 fully saturated rings. The van der Waals surface area contributed by atoms with Crippen LogP contribution in [0.15, 0.2) is 42.5 Å². The topological polar surface area (TPSA) is 59.6 Å². The molecule has 0 radical (unpaired) electrons. The van der Waals surface area contributed by atoms with Crippen molar-refractivity contribution in [1.29, 1.82) is 0 Å². The number of anilines is 1. The molecule has 1 amide bonds. The SMILES string of the molecule is Cl.O=C1CNCCCCCCOc2ccccc2Oc2ccc(Cl)cc2N1. The lowest BCUT2D eigenvalue weighted by Gasteiger charge is -2.16. The number of fused-ring (bicyclic) bond motifs is 2. The monoisotopic (exact) mass is 410 g/mol. The summed E-state index contributed by atoms with van der Waals surface area (Å²) in [6.45, 7) is 1.72. The molecule has 7 heteroatoms. The molecule has 0 saturated heterocycles. The van der Waals surface area contributed by atoms with E-state index in [2.05, 4.69) is 10.6 Å². The third-order valence-corrected chi connectivity index (χ3v) is 4.31. The number of para-hydroxylation sites is 2. The van der Waals surface area contributed by atoms with Crippen LogP contribution in [0.1, 0.15) is 25.7 Å². The van der Waals surface area contributed by atoms with Crippen molar-refractivity contribution in [3.05, 3.63) is 47.5 Å². The highest BCUT2D eigenvalue weighted by Crippen LogP contribution is 2.36. The summed E-state index contributed by atoms with van der Waals surface area (Å²) in [7, 11) is 0. The number of carbonyl (C=O) groups is 1. The number of hydrogen-bond donors (Lipinski definition) is 2. The van der Waals surface area contributed by atoms with Crippen LogP contribution in [0.25, 0.3) is 0 Å². The Kier molecular flexibility index (Phi) is 8.72. The molecule has 27 heavy (non-hydrogen) atoms. The molecular formula is C20H24Cl2N2O3. The van der Waals surface area contributed by atoms with Gasteiger partial charge in [-0.2, -0.15) is 0 Å². The number of ether oxygens (including phenoxy) is 2. The molecular weight excluding hydrogens is 387 g/mol. The van der Waals surface area contributed by atoms with Gasteiger partial charge < -0.3 is 20.1 Å². The van der Waals surface area contributed by atoms with E-state index in [4.69, 9.17) is 21.1 Å². The Labute approximate surface area is 170 Å². The summed E-state index contributed by atoms with van der Waals surface area (Å²) in [6.07, 6.45) is 4.23. The minimum atomic E-state index is -0.131. The number of hydrogen-bond acceptors (Lipinski definition) is 4. The molecule has 2 aromatic carbocycles. The third kappa shape index (κ3) is 6.61. The minimum Gasteiger partial charge on any atom is -0.490 e. The quantitative estimate of drug-likeness (QED) is 0.638. The van der Waals surface area contributed by atoms with E-state index < -0.39 is 0 Å². The summed E-state index contributed by atoms with van der Waals surface area (Å²) >= 11 is 6.09. The van der Waals surface area contributed by atoms with Gasteiger partial charge in [-0.3, -0.25) is 4.79 Å². The average molecular weight is 411 g/mol. The van der Waals surface area contributed by atoms with Crippen molar-refractivity contribution in [2.75, 3.05) is 25.0 Å². The van der Waals surface area contributed by atoms with Gasteiger partial charge in [-0.05, 0) is 49.7 Å². The zero-order valence-electron chi connectivity index (χ0n) is 15.0. The number of nitrogens with one attached hydrogen (secondary N) is 2. The fraction of sp³-hybridized carbons (Fsp3) is 0.350. The Morgan fingerprint density at radius 3 is 2.56 bits per heavy atom. The zero-order valence-corrected chi connectivity index (χ0v) is 16.6. The number of carbonyl (C=O) groups excluding carboxylic acids is 1. The minimum absolute atomic E-state index is 0. The van der Waals surface area contributed by atoms with E-state index in [1.165, 1.54) is 0 Å². The van der Waals surface area contributed by atoms with Gasteiger partial charge in [-0.1, -0.05) is 36.6 Å². The molecule has 3 rings (SSSR count). The molecule has 1 aliphatic heterocycles. The zero-order chi connectivity index (χ0) is 18.2. The second-order valence-electron chi connectivity index (χ2n) is 6.18. The van der Waals surface area contributed by atoms with Gasteiger partial charge in [0.25, 0.3) is 0 Å². The Bertz CT molecular complexity index is 756. The first kappa shape index (κ1) is 21.4. The summed E-state index contributed by atoms with van der Waals surface area (Å²) in [5.41, 5.74) is 0.534. The molecule has 0 aliphatic carbocycles. The molecule has 5 nitrogen and oxygen atoms in total. The van der Waals surface area contributed by atoms with Crippen LogP contribution in [-0.4, -0.2) is 25.6 Å². The van der Waals surface area contributed by atoms with Crippen molar-refractivity contribution in [1.82, 2.24) is 5.32 Å². The van der Waals surface area contributed by atoms with Crippen molar-refractivity contribution < 1.29 is 14.3 Å². The van der Waals surface area contributed by atoms with Crippen molar-refractivity contribution in [3.63, 3.8) is 0 Å². The molecule has 1 heterocycles. The van der Waals surface area contributed by atoms with E-state index in [1.807, 2.05) is 24.3 Å². The van der Waals surface area contributed by atoms with E-state index in [1.54, 1.807) is 18.2 Å². The summed E-state index contributed by atoms with van der Waals surface area (Å²) in [5.74, 6) is 1.68. The Morgan fingerprint density at radius 2 is 1.70 bits per heavy atom. The van der Waals surface area contributed by atoms with Gasteiger partial charge in [0.2, 0.25) is 5.91 Å². The molecule has 0 atom stereocenters. The molecule has 1 aliphatic rings. The maximum absolute atomic E-state index is 12.2. The van der Waals surface area contributed by atoms with Crippen LogP contribution in [0.5, 0.6) is 17.2 Å². The summed E-state index contributed by atoms with van der Waals surface area (Å²) in [6, 6.07) is 12.7. The van der Waals surface area contributed by atoms with Gasteiger partial charge in [0, 0.05) is 5.02 Å². The first-order valence-corrected chi connectivity index (χ1v) is 9.30. The molecule has 2 N–H and O–H groups in total. The van der Waals surface area contributed by atoms with Gasteiger partial charge in [-0.15, -0.1) is 12.4 Å². The highest BCUT2D eigenvalue weighted by atomic mass is 35.5. The van der Waals surface area contributed by atoms with E-state index in [0.29, 0.717) is 34.6 Å². The number of benzene rings is 2. The maximum Gasteiger partial charge on any atom is 0.238 e. The van der Waals surface area contributed by atoms with Crippen LogP contribution in [-0.2, 0) is 4.79 Å². The Hall–Kier alpha value is -1.95. The summed E-state index contributed by atoms with van der Waals surface area (Å²) < 4.78 is 11.9. The smallest absolute Gasteiger partial charge is 0.238 e. The lowest BCUT2D eigenvalue weighted by atomic mass is 10.2. The van der Waals surface area contributed by atoms with Crippen molar-refractivity contribution in [2.45, 2.75) is 25.7 Å². The van der Waals surface area contributed by atoms with Crippen molar-refractivity contribution in [2.24, 2.45) is 0 Å². The Balaban J connectivity index is 0.00000261. The molecule has 2 aromatic rings. The van der Waals surface area contributed by atoms with E-state index in [0.717, 1.165) is 32.2 Å². The number of amides is 1. The van der Waals surface area contributed by atoms with E-state index >= 15 is 0 Å². The molecule has 0 unspecified atom stereocenters. The third-order valence-electron chi connectivity index (χ3n) is 4.08. The molecule has 0 aromatic heterocycles. The lowest BCUT2D eigenvalue weighted by molar-refractivity contribution is -0.115. The first-order chi connectivity index (χ1) is 12.7. The first-order valence-electron chi connectivity index (χ1n) is 8.92. The number of halogens is 2. The summed E-state index contributed by atoms with van der Waals surface area (Å²) in [4.78, 5) is 12.2. The maximum atomic E-state index is 12.2. The van der Waals surface area contributed by atoms with Crippen LogP contribution in [0.4, 0.5) is 5.69 Å². The van der Waals surface area contributed by atoms with Crippen LogP contribution >= 0.6 is 24.0 Å². The van der Waals surface area contributed by atoms with E-state index in [-0.39, 0.29) is 24.9 Å². The van der Waals surface area contributed by atoms with Crippen molar-refractivity contribution in [3.8, 4) is 17.2 Å².